The molecule has 0 saturated carbocycles. The van der Waals surface area contributed by atoms with Gasteiger partial charge in [-0.05, 0) is 38.5 Å². The first-order chi connectivity index (χ1) is 8.85. The number of aromatic nitrogens is 1. The topological polar surface area (TPSA) is 68.5 Å². The number of amides is 1. The lowest BCUT2D eigenvalue weighted by Gasteiger charge is -2.24. The Morgan fingerprint density at radius 3 is 2.84 bits per heavy atom. The highest BCUT2D eigenvalue weighted by molar-refractivity contribution is 5.77. The second kappa shape index (κ2) is 4.91. The van der Waals surface area contributed by atoms with Crippen molar-refractivity contribution in [3.05, 3.63) is 30.1 Å². The maximum atomic E-state index is 11.9. The van der Waals surface area contributed by atoms with E-state index < -0.39 is 5.60 Å². The molecule has 1 aliphatic rings. The second-order valence-electron chi connectivity index (χ2n) is 5.56. The molecule has 0 unspecified atom stereocenters. The maximum absolute atomic E-state index is 11.9. The van der Waals surface area contributed by atoms with Crippen LogP contribution in [0, 0.1) is 0 Å². The normalized spacial score (nSPS) is 15.3. The fraction of sp³-hybridized carbons (Fsp3) is 0.429. The Kier molecular flexibility index (Phi) is 3.46. The molecule has 102 valence electrons. The second-order valence-corrected chi connectivity index (χ2v) is 5.56. The van der Waals surface area contributed by atoms with E-state index in [1.54, 1.807) is 17.2 Å². The van der Waals surface area contributed by atoms with Gasteiger partial charge in [-0.3, -0.25) is 4.98 Å². The third-order valence-electron chi connectivity index (χ3n) is 2.68. The molecule has 1 aromatic heterocycles. The summed E-state index contributed by atoms with van der Waals surface area (Å²) in [6.07, 6.45) is 3.34. The Bertz CT molecular complexity index is 518. The molecule has 0 aliphatic carbocycles. The highest BCUT2D eigenvalue weighted by atomic mass is 16.6. The summed E-state index contributed by atoms with van der Waals surface area (Å²) in [5.41, 5.74) is 7.73. The number of ether oxygens (including phenoxy) is 1. The van der Waals surface area contributed by atoms with Crippen molar-refractivity contribution in [2.24, 2.45) is 0 Å². The quantitative estimate of drug-likeness (QED) is 0.842. The molecular formula is C14H19N3O2. The summed E-state index contributed by atoms with van der Waals surface area (Å²) in [6.45, 7) is 6.62. The van der Waals surface area contributed by atoms with Crippen LogP contribution >= 0.6 is 0 Å². The van der Waals surface area contributed by atoms with Crippen molar-refractivity contribution in [1.82, 2.24) is 9.88 Å². The first-order valence-electron chi connectivity index (χ1n) is 6.24. The Morgan fingerprint density at radius 1 is 1.47 bits per heavy atom. The molecule has 2 heterocycles. The van der Waals surface area contributed by atoms with E-state index >= 15 is 0 Å². The summed E-state index contributed by atoms with van der Waals surface area (Å²) < 4.78 is 5.34. The number of nitrogens with two attached hydrogens (primary N) is 1. The monoisotopic (exact) mass is 261 g/mol. The van der Waals surface area contributed by atoms with Gasteiger partial charge in [-0.25, -0.2) is 4.79 Å². The third-order valence-corrected chi connectivity index (χ3v) is 2.68. The predicted octanol–water partition coefficient (Wildman–Crippen LogP) is 2.30. The number of anilines is 1. The number of carbonyl (C=O) groups excluding carboxylic acids is 1. The standard InChI is InChI=1S/C14H19N3O2/c1-14(2,3)19-13(18)17-7-5-10(9-17)12-8-11(15)4-6-16-12/h4-6,8H,7,9H2,1-3H3,(H2,15,16). The van der Waals surface area contributed by atoms with Crippen LogP contribution < -0.4 is 5.73 Å². The molecule has 1 amide bonds. The van der Waals surface area contributed by atoms with Crippen molar-refractivity contribution in [3.8, 4) is 0 Å². The molecule has 2 N–H and O–H groups in total. The zero-order valence-corrected chi connectivity index (χ0v) is 11.5. The summed E-state index contributed by atoms with van der Waals surface area (Å²) in [5, 5.41) is 0. The molecule has 0 bridgehead atoms. The number of pyridine rings is 1. The largest absolute Gasteiger partial charge is 0.444 e. The SMILES string of the molecule is CC(C)(C)OC(=O)N1CC=C(c2cc(N)ccn2)C1. The van der Waals surface area contributed by atoms with Crippen LogP contribution in [-0.4, -0.2) is 34.7 Å². The van der Waals surface area contributed by atoms with Crippen molar-refractivity contribution in [1.29, 1.82) is 0 Å². The van der Waals surface area contributed by atoms with E-state index in [4.69, 9.17) is 10.5 Å². The average molecular weight is 261 g/mol. The van der Waals surface area contributed by atoms with Gasteiger partial charge in [0.15, 0.2) is 0 Å². The number of hydrogen-bond donors (Lipinski definition) is 1. The predicted molar refractivity (Wildman–Crippen MR) is 74.4 cm³/mol. The summed E-state index contributed by atoms with van der Waals surface area (Å²) in [4.78, 5) is 17.8. The van der Waals surface area contributed by atoms with Crippen molar-refractivity contribution < 1.29 is 9.53 Å². The van der Waals surface area contributed by atoms with Gasteiger partial charge in [0.25, 0.3) is 0 Å². The smallest absolute Gasteiger partial charge is 0.410 e. The van der Waals surface area contributed by atoms with E-state index in [2.05, 4.69) is 4.98 Å². The van der Waals surface area contributed by atoms with E-state index in [1.165, 1.54) is 0 Å². The first kappa shape index (κ1) is 13.4. The Balaban J connectivity index is 2.01. The number of hydrogen-bond acceptors (Lipinski definition) is 4. The summed E-state index contributed by atoms with van der Waals surface area (Å²) in [5.74, 6) is 0. The Morgan fingerprint density at radius 2 is 2.21 bits per heavy atom. The van der Waals surface area contributed by atoms with Crippen LogP contribution in [0.2, 0.25) is 0 Å². The molecule has 0 saturated heterocycles. The molecule has 1 aromatic rings. The van der Waals surface area contributed by atoms with Crippen molar-refractivity contribution in [3.63, 3.8) is 0 Å². The lowest BCUT2D eigenvalue weighted by atomic mass is 10.2. The molecule has 2 rings (SSSR count). The van der Waals surface area contributed by atoms with Gasteiger partial charge < -0.3 is 15.4 Å². The minimum Gasteiger partial charge on any atom is -0.444 e. The molecular weight excluding hydrogens is 242 g/mol. The zero-order valence-electron chi connectivity index (χ0n) is 11.5. The first-order valence-corrected chi connectivity index (χ1v) is 6.24. The van der Waals surface area contributed by atoms with Crippen molar-refractivity contribution >= 4 is 17.4 Å². The van der Waals surface area contributed by atoms with E-state index in [-0.39, 0.29) is 6.09 Å². The Hall–Kier alpha value is -2.04. The maximum Gasteiger partial charge on any atom is 0.410 e. The van der Waals surface area contributed by atoms with Crippen molar-refractivity contribution in [2.45, 2.75) is 26.4 Å². The summed E-state index contributed by atoms with van der Waals surface area (Å²) in [7, 11) is 0. The highest BCUT2D eigenvalue weighted by Crippen LogP contribution is 2.22. The fourth-order valence-corrected chi connectivity index (χ4v) is 1.83. The lowest BCUT2D eigenvalue weighted by molar-refractivity contribution is 0.0306. The van der Waals surface area contributed by atoms with E-state index in [1.807, 2.05) is 32.9 Å². The van der Waals surface area contributed by atoms with Crippen LogP contribution in [0.3, 0.4) is 0 Å². The van der Waals surface area contributed by atoms with Crippen LogP contribution in [-0.2, 0) is 4.74 Å². The van der Waals surface area contributed by atoms with Gasteiger partial charge in [-0.2, -0.15) is 0 Å². The molecule has 0 spiro atoms. The lowest BCUT2D eigenvalue weighted by Crippen LogP contribution is -2.35. The molecule has 5 nitrogen and oxygen atoms in total. The number of carbonyl (C=O) groups is 1. The van der Waals surface area contributed by atoms with Gasteiger partial charge in [-0.15, -0.1) is 0 Å². The van der Waals surface area contributed by atoms with E-state index in [9.17, 15) is 4.79 Å². The van der Waals surface area contributed by atoms with Gasteiger partial charge in [0.2, 0.25) is 0 Å². The van der Waals surface area contributed by atoms with E-state index in [0.29, 0.717) is 18.8 Å². The molecule has 1 aliphatic heterocycles. The van der Waals surface area contributed by atoms with Crippen LogP contribution in [0.5, 0.6) is 0 Å². The summed E-state index contributed by atoms with van der Waals surface area (Å²) >= 11 is 0. The van der Waals surface area contributed by atoms with Gasteiger partial charge in [0, 0.05) is 18.4 Å². The molecule has 0 atom stereocenters. The van der Waals surface area contributed by atoms with Gasteiger partial charge in [0.1, 0.15) is 5.60 Å². The molecule has 19 heavy (non-hydrogen) atoms. The molecule has 0 fully saturated rings. The minimum atomic E-state index is -0.477. The Labute approximate surface area is 113 Å². The van der Waals surface area contributed by atoms with Crippen molar-refractivity contribution in [2.75, 3.05) is 18.8 Å². The van der Waals surface area contributed by atoms with Crippen LogP contribution in [0.1, 0.15) is 26.5 Å². The third kappa shape index (κ3) is 3.47. The average Bonchev–Trinajstić information content (AvgIpc) is 2.75. The van der Waals surface area contributed by atoms with E-state index in [0.717, 1.165) is 11.3 Å². The number of nitrogens with zero attached hydrogens (tertiary/aromatic N) is 2. The van der Waals surface area contributed by atoms with Gasteiger partial charge in [0.05, 0.1) is 12.2 Å². The number of rotatable bonds is 1. The zero-order chi connectivity index (χ0) is 14.0. The van der Waals surface area contributed by atoms with Crippen LogP contribution in [0.15, 0.2) is 24.4 Å². The summed E-state index contributed by atoms with van der Waals surface area (Å²) in [6, 6.07) is 3.55. The highest BCUT2D eigenvalue weighted by Gasteiger charge is 2.26. The molecule has 0 radical (unpaired) electrons. The fourth-order valence-electron chi connectivity index (χ4n) is 1.83. The number of nitrogen functional groups attached to an aromatic ring is 1. The van der Waals surface area contributed by atoms with Gasteiger partial charge >= 0.3 is 6.09 Å². The minimum absolute atomic E-state index is 0.303. The molecule has 5 heteroatoms. The van der Waals surface area contributed by atoms with Crippen LogP contribution in [0.4, 0.5) is 10.5 Å². The molecule has 0 aromatic carbocycles. The van der Waals surface area contributed by atoms with Crippen LogP contribution in [0.25, 0.3) is 5.57 Å². The van der Waals surface area contributed by atoms with Gasteiger partial charge in [-0.1, -0.05) is 6.08 Å².